The van der Waals surface area contributed by atoms with Gasteiger partial charge in [-0.15, -0.1) is 0 Å². The number of fused-ring (bicyclic) bond motifs is 2. The molecule has 2 aliphatic carbocycles. The molecule has 0 unspecified atom stereocenters. The number of nitrogens with zero attached hydrogens (tertiary/aromatic N) is 4. The van der Waals surface area contributed by atoms with Crippen LogP contribution in [0.15, 0.2) is 60.9 Å². The van der Waals surface area contributed by atoms with Crippen molar-refractivity contribution in [3.8, 4) is 33.6 Å². The normalized spacial score (nSPS) is 24.4. The molecule has 4 aromatic rings. The van der Waals surface area contributed by atoms with Gasteiger partial charge in [0.05, 0.1) is 50.1 Å². The number of benzene rings is 2. The van der Waals surface area contributed by atoms with Crippen LogP contribution < -0.4 is 10.6 Å². The summed E-state index contributed by atoms with van der Waals surface area (Å²) in [4.78, 5) is 71.7. The zero-order valence-electron chi connectivity index (χ0n) is 32.6. The van der Waals surface area contributed by atoms with Crippen molar-refractivity contribution < 1.29 is 28.7 Å². The lowest BCUT2D eigenvalue weighted by Crippen LogP contribution is -2.51. The van der Waals surface area contributed by atoms with Crippen molar-refractivity contribution in [1.29, 1.82) is 0 Å². The van der Waals surface area contributed by atoms with Crippen LogP contribution in [0.2, 0.25) is 0 Å². The highest BCUT2D eigenvalue weighted by Crippen LogP contribution is 2.57. The van der Waals surface area contributed by atoms with Gasteiger partial charge in [0, 0.05) is 13.1 Å². The van der Waals surface area contributed by atoms with Crippen molar-refractivity contribution in [3.63, 3.8) is 0 Å². The van der Waals surface area contributed by atoms with E-state index in [4.69, 9.17) is 19.4 Å². The molecule has 14 nitrogen and oxygen atoms in total. The van der Waals surface area contributed by atoms with Gasteiger partial charge in [-0.1, -0.05) is 76.2 Å². The molecule has 294 valence electrons. The van der Waals surface area contributed by atoms with E-state index in [1.807, 2.05) is 49.9 Å². The number of piperidine rings is 2. The third-order valence-electron chi connectivity index (χ3n) is 12.1. The molecule has 0 bridgehead atoms. The fourth-order valence-corrected chi connectivity index (χ4v) is 8.79. The van der Waals surface area contributed by atoms with Gasteiger partial charge < -0.3 is 39.9 Å². The smallest absolute Gasteiger partial charge is 0.407 e. The standard InChI is InChI=1S/C42H50N8O6/c1-21(2)33(47-41(53)55-5)39(51)49-19-27-15-29(27)35(49)37-43-17-31(45-37)25-11-7-23(8-12-25)24-9-13-26(14-10-24)32-18-44-38(46-32)36-30-16-28(30)20-50(36)40(52)34(22(3)4)48-42(54)56-6/h7-14,17-18,21-22,27-30,33-36H,15-16,19-20H2,1-6H3,(H,43,45)(H,44,46)(H,47,53)(H,48,54)/t27-,28-,29-,30-,33-,34-,35-,36-/m0/s1. The molecule has 0 spiro atoms. The molecule has 2 aliphatic heterocycles. The Hall–Kier alpha value is -5.66. The number of carbonyl (C=O) groups is 4. The van der Waals surface area contributed by atoms with Crippen LogP contribution in [0.25, 0.3) is 33.6 Å². The van der Waals surface area contributed by atoms with Gasteiger partial charge in [0.2, 0.25) is 11.8 Å². The number of hydrogen-bond acceptors (Lipinski definition) is 8. The number of carbonyl (C=O) groups excluding carboxylic acids is 4. The average Bonchev–Trinajstić information content (AvgIpc) is 3.79. The van der Waals surface area contributed by atoms with Crippen molar-refractivity contribution in [3.05, 3.63) is 72.6 Å². The summed E-state index contributed by atoms with van der Waals surface area (Å²) in [6.45, 7) is 8.97. The van der Waals surface area contributed by atoms with Gasteiger partial charge in [-0.3, -0.25) is 9.59 Å². The van der Waals surface area contributed by atoms with E-state index in [9.17, 15) is 19.2 Å². The van der Waals surface area contributed by atoms with Gasteiger partial charge >= 0.3 is 12.2 Å². The number of imidazole rings is 2. The average molecular weight is 763 g/mol. The number of hydrogen-bond donors (Lipinski definition) is 4. The van der Waals surface area contributed by atoms with E-state index in [0.29, 0.717) is 36.8 Å². The summed E-state index contributed by atoms with van der Waals surface area (Å²) in [6, 6.07) is 14.9. The predicted molar refractivity (Wildman–Crippen MR) is 207 cm³/mol. The number of aromatic nitrogens is 4. The molecule has 8 atom stereocenters. The maximum atomic E-state index is 13.7. The summed E-state index contributed by atoms with van der Waals surface area (Å²) >= 11 is 0. The number of methoxy groups -OCH3 is 2. The number of H-pyrrole nitrogens is 2. The Morgan fingerprint density at radius 1 is 0.625 bits per heavy atom. The highest BCUT2D eigenvalue weighted by Gasteiger charge is 2.57. The van der Waals surface area contributed by atoms with Gasteiger partial charge in [0.25, 0.3) is 0 Å². The zero-order valence-corrected chi connectivity index (χ0v) is 32.6. The Balaban J connectivity index is 0.936. The number of amides is 4. The lowest BCUT2D eigenvalue weighted by molar-refractivity contribution is -0.137. The molecule has 56 heavy (non-hydrogen) atoms. The van der Waals surface area contributed by atoms with E-state index in [1.165, 1.54) is 14.2 Å². The third-order valence-corrected chi connectivity index (χ3v) is 12.1. The number of rotatable bonds is 11. The molecule has 4 heterocycles. The first kappa shape index (κ1) is 37.3. The number of nitrogens with one attached hydrogen (secondary N) is 4. The minimum absolute atomic E-state index is 0.0979. The second-order valence-corrected chi connectivity index (χ2v) is 16.4. The first-order chi connectivity index (χ1) is 26.9. The van der Waals surface area contributed by atoms with Crippen molar-refractivity contribution in [2.24, 2.45) is 35.5 Å². The lowest BCUT2D eigenvalue weighted by atomic mass is 10.0. The van der Waals surface area contributed by atoms with Crippen LogP contribution in [0.3, 0.4) is 0 Å². The molecule has 4 fully saturated rings. The molecule has 4 N–H and O–H groups in total. The predicted octanol–water partition coefficient (Wildman–Crippen LogP) is 5.93. The van der Waals surface area contributed by atoms with E-state index < -0.39 is 24.3 Å². The molecule has 14 heteroatoms. The summed E-state index contributed by atoms with van der Waals surface area (Å²) in [5.74, 6) is 2.72. The van der Waals surface area contributed by atoms with Crippen LogP contribution >= 0.6 is 0 Å². The first-order valence-electron chi connectivity index (χ1n) is 19.6. The van der Waals surface area contributed by atoms with Crippen LogP contribution in [0, 0.1) is 35.5 Å². The monoisotopic (exact) mass is 762 g/mol. The summed E-state index contributed by atoms with van der Waals surface area (Å²) < 4.78 is 9.57. The van der Waals surface area contributed by atoms with Crippen molar-refractivity contribution >= 4 is 24.0 Å². The summed E-state index contributed by atoms with van der Waals surface area (Å²) in [5.41, 5.74) is 5.86. The van der Waals surface area contributed by atoms with Crippen LogP contribution in [0.1, 0.15) is 64.3 Å². The third kappa shape index (κ3) is 7.01. The van der Waals surface area contributed by atoms with E-state index >= 15 is 0 Å². The van der Waals surface area contributed by atoms with Gasteiger partial charge in [-0.2, -0.15) is 0 Å². The highest BCUT2D eigenvalue weighted by atomic mass is 16.5. The molecular weight excluding hydrogens is 713 g/mol. The first-order valence-corrected chi connectivity index (χ1v) is 19.6. The molecular formula is C42H50N8O6. The molecule has 8 rings (SSSR count). The largest absolute Gasteiger partial charge is 0.453 e. The number of aromatic amines is 2. The van der Waals surface area contributed by atoms with E-state index in [0.717, 1.165) is 58.1 Å². The molecule has 0 radical (unpaired) electrons. The highest BCUT2D eigenvalue weighted by molar-refractivity contribution is 5.87. The Morgan fingerprint density at radius 3 is 1.32 bits per heavy atom. The minimum atomic E-state index is -0.678. The maximum absolute atomic E-state index is 13.7. The quantitative estimate of drug-likeness (QED) is 0.145. The Kier molecular flexibility index (Phi) is 9.83. The summed E-state index contributed by atoms with van der Waals surface area (Å²) in [6.07, 6.45) is 4.55. The van der Waals surface area contributed by atoms with Gasteiger partial charge in [-0.05, 0) is 70.6 Å². The lowest BCUT2D eigenvalue weighted by Gasteiger charge is -2.31. The van der Waals surface area contributed by atoms with Crippen LogP contribution in [-0.2, 0) is 19.1 Å². The molecule has 2 saturated heterocycles. The number of ether oxygens (including phenoxy) is 2. The van der Waals surface area contributed by atoms with Crippen molar-refractivity contribution in [2.45, 2.75) is 64.7 Å². The summed E-state index contributed by atoms with van der Waals surface area (Å²) in [5, 5.41) is 5.45. The Labute approximate surface area is 326 Å². The number of alkyl carbamates (subject to hydrolysis) is 2. The SMILES string of the molecule is COC(=O)N[C@H](C(=O)N1C[C@@H]2C[C@@H]2[C@H]1c1ncc(-c2ccc(-c3ccc(-c4cnc([C@@H]5[C@H]6C[C@H]6CN5C(=O)[C@@H](NC(=O)OC)C(C)C)[nH]4)cc3)cc2)[nH]1)C(C)C. The fourth-order valence-electron chi connectivity index (χ4n) is 8.79. The topological polar surface area (TPSA) is 175 Å². The molecule has 2 aromatic carbocycles. The Morgan fingerprint density at radius 2 is 0.982 bits per heavy atom. The maximum Gasteiger partial charge on any atom is 0.407 e. The van der Waals surface area contributed by atoms with Gasteiger partial charge in [0.15, 0.2) is 0 Å². The van der Waals surface area contributed by atoms with E-state index in [-0.39, 0.29) is 35.7 Å². The second kappa shape index (κ2) is 14.8. The fraction of sp³-hybridized carbons (Fsp3) is 0.476. The molecule has 4 amide bonds. The van der Waals surface area contributed by atoms with Crippen molar-refractivity contribution in [1.82, 2.24) is 40.4 Å². The molecule has 2 saturated carbocycles. The van der Waals surface area contributed by atoms with Crippen LogP contribution in [-0.4, -0.2) is 93.1 Å². The molecule has 4 aliphatic rings. The van der Waals surface area contributed by atoms with Gasteiger partial charge in [0.1, 0.15) is 23.7 Å². The van der Waals surface area contributed by atoms with E-state index in [2.05, 4.69) is 69.1 Å². The van der Waals surface area contributed by atoms with Crippen LogP contribution in [0.5, 0.6) is 0 Å². The second-order valence-electron chi connectivity index (χ2n) is 16.4. The zero-order chi connectivity index (χ0) is 39.4. The minimum Gasteiger partial charge on any atom is -0.453 e. The van der Waals surface area contributed by atoms with Gasteiger partial charge in [-0.25, -0.2) is 19.6 Å². The van der Waals surface area contributed by atoms with Crippen molar-refractivity contribution in [2.75, 3.05) is 27.3 Å². The van der Waals surface area contributed by atoms with Crippen LogP contribution in [0.4, 0.5) is 9.59 Å². The Bertz CT molecular complexity index is 1960. The summed E-state index contributed by atoms with van der Waals surface area (Å²) in [7, 11) is 2.60. The number of likely N-dealkylation sites (tertiary alicyclic amines) is 2. The van der Waals surface area contributed by atoms with E-state index in [1.54, 1.807) is 0 Å². The molecule has 2 aromatic heterocycles.